The standard InChI is InChI=1S/C42H33Cl2F4N5O6/c1-51(36-31(44)16-18-34(49-36)42(46,47)48)53-37(55)27-14-13-26-28(35(27)39(53)57)20-30-38(56)52(50-25-11-9-24(45)10-12-25)40(58)41(30,22-5-7-23(43)8-6-22)29(26)15-3-21-4-17-32(54)33(19-21)59-2/h3-13,15-19,27-30,35,50,54H,14,20H2,1-2H3/t27-,28+,29-,30-,35-,41-/m0/s1. The third kappa shape index (κ3) is 6.47. The van der Waals surface area contributed by atoms with E-state index in [0.717, 1.165) is 21.1 Å². The van der Waals surface area contributed by atoms with Gasteiger partial charge in [0.15, 0.2) is 17.3 Å². The van der Waals surface area contributed by atoms with Gasteiger partial charge in [0, 0.05) is 18.0 Å². The number of pyridine rings is 1. The minimum absolute atomic E-state index is 0.0214. The van der Waals surface area contributed by atoms with Crippen molar-refractivity contribution in [2.45, 2.75) is 24.4 Å². The Labute approximate surface area is 344 Å². The Kier molecular flexibility index (Phi) is 9.94. The zero-order valence-corrected chi connectivity index (χ0v) is 32.6. The van der Waals surface area contributed by atoms with Crippen LogP contribution in [0.4, 0.5) is 29.1 Å². The summed E-state index contributed by atoms with van der Waals surface area (Å²) in [6.07, 6.45) is 0.336. The van der Waals surface area contributed by atoms with E-state index >= 15 is 4.79 Å². The zero-order valence-electron chi connectivity index (χ0n) is 31.1. The maximum absolute atomic E-state index is 15.2. The number of fused-ring (bicyclic) bond motifs is 4. The lowest BCUT2D eigenvalue weighted by atomic mass is 9.50. The number of hydrogen-bond donors (Lipinski definition) is 2. The summed E-state index contributed by atoms with van der Waals surface area (Å²) >= 11 is 12.6. The van der Waals surface area contributed by atoms with Gasteiger partial charge in [-0.15, -0.1) is 0 Å². The van der Waals surface area contributed by atoms with Gasteiger partial charge < -0.3 is 9.84 Å². The molecule has 17 heteroatoms. The molecule has 1 saturated carbocycles. The molecule has 0 spiro atoms. The van der Waals surface area contributed by atoms with Gasteiger partial charge in [-0.25, -0.2) is 9.37 Å². The van der Waals surface area contributed by atoms with Gasteiger partial charge in [-0.1, -0.05) is 65.2 Å². The number of alkyl halides is 3. The molecule has 2 saturated heterocycles. The quantitative estimate of drug-likeness (QED) is 0.103. The van der Waals surface area contributed by atoms with Crippen LogP contribution in [0.2, 0.25) is 10.0 Å². The second-order valence-corrected chi connectivity index (χ2v) is 15.6. The zero-order chi connectivity index (χ0) is 42.1. The van der Waals surface area contributed by atoms with Crippen LogP contribution in [0.25, 0.3) is 6.08 Å². The first-order valence-electron chi connectivity index (χ1n) is 18.3. The molecular weight excluding hydrogens is 817 g/mol. The predicted octanol–water partition coefficient (Wildman–Crippen LogP) is 7.84. The number of nitrogens with zero attached hydrogens (tertiary/aromatic N) is 4. The smallest absolute Gasteiger partial charge is 0.433 e. The number of ether oxygens (including phenoxy) is 1. The van der Waals surface area contributed by atoms with Crippen LogP contribution >= 0.6 is 23.2 Å². The van der Waals surface area contributed by atoms with Crippen molar-refractivity contribution in [3.63, 3.8) is 0 Å². The van der Waals surface area contributed by atoms with Gasteiger partial charge in [0.2, 0.25) is 0 Å². The number of hydrazine groups is 2. The first-order chi connectivity index (χ1) is 28.1. The number of phenols is 1. The topological polar surface area (TPSA) is 132 Å². The third-order valence-electron chi connectivity index (χ3n) is 11.7. The Morgan fingerprint density at radius 2 is 1.66 bits per heavy atom. The van der Waals surface area contributed by atoms with Crippen molar-refractivity contribution in [3.05, 3.63) is 129 Å². The van der Waals surface area contributed by atoms with Gasteiger partial charge in [0.25, 0.3) is 23.6 Å². The fourth-order valence-electron chi connectivity index (χ4n) is 9.10. The van der Waals surface area contributed by atoms with Gasteiger partial charge in [0.05, 0.1) is 41.0 Å². The van der Waals surface area contributed by atoms with Crippen LogP contribution < -0.4 is 15.2 Å². The van der Waals surface area contributed by atoms with Crippen molar-refractivity contribution < 1.29 is 46.6 Å². The molecule has 0 unspecified atom stereocenters. The molecule has 8 rings (SSSR count). The lowest BCUT2D eigenvalue weighted by molar-refractivity contribution is -0.142. The number of carbonyl (C=O) groups is 4. The van der Waals surface area contributed by atoms with Crippen molar-refractivity contribution in [2.75, 3.05) is 24.6 Å². The van der Waals surface area contributed by atoms with Crippen molar-refractivity contribution in [2.24, 2.45) is 29.6 Å². The lowest BCUT2D eigenvalue weighted by Gasteiger charge is -2.49. The number of aromatic nitrogens is 1. The molecule has 59 heavy (non-hydrogen) atoms. The Balaban J connectivity index is 1.27. The fourth-order valence-corrected chi connectivity index (χ4v) is 9.45. The van der Waals surface area contributed by atoms with Gasteiger partial charge >= 0.3 is 6.18 Å². The molecule has 2 N–H and O–H groups in total. The summed E-state index contributed by atoms with van der Waals surface area (Å²) in [5.74, 6) is -8.64. The number of allylic oxidation sites excluding steroid dienone is 3. The van der Waals surface area contributed by atoms with E-state index in [4.69, 9.17) is 27.9 Å². The highest BCUT2D eigenvalue weighted by molar-refractivity contribution is 6.33. The number of hydrogen-bond acceptors (Lipinski definition) is 9. The molecule has 4 aliphatic rings. The predicted molar refractivity (Wildman–Crippen MR) is 208 cm³/mol. The van der Waals surface area contributed by atoms with Crippen LogP contribution in [-0.4, -0.2) is 57.9 Å². The number of benzene rings is 3. The van der Waals surface area contributed by atoms with E-state index in [9.17, 15) is 37.1 Å². The number of carbonyl (C=O) groups excluding carboxylic acids is 4. The molecule has 11 nitrogen and oxygen atoms in total. The molecule has 2 aliphatic heterocycles. The first-order valence-corrected chi connectivity index (χ1v) is 19.1. The van der Waals surface area contributed by atoms with E-state index in [0.29, 0.717) is 27.8 Å². The molecule has 304 valence electrons. The number of imide groups is 2. The first kappa shape index (κ1) is 39.9. The molecular formula is C42H33Cl2F4N5O6. The number of methoxy groups -OCH3 is 1. The number of rotatable bonds is 8. The van der Waals surface area contributed by atoms with Crippen LogP contribution in [-0.2, 0) is 30.8 Å². The van der Waals surface area contributed by atoms with Crippen LogP contribution in [0, 0.1) is 35.4 Å². The minimum atomic E-state index is -4.84. The summed E-state index contributed by atoms with van der Waals surface area (Å²) < 4.78 is 60.3. The number of phenolic OH excluding ortho intramolecular Hbond substituents is 1. The van der Waals surface area contributed by atoms with Crippen LogP contribution in [0.3, 0.4) is 0 Å². The second-order valence-electron chi connectivity index (χ2n) is 14.7. The lowest BCUT2D eigenvalue weighted by Crippen LogP contribution is -2.54. The van der Waals surface area contributed by atoms with Crippen LogP contribution in [0.1, 0.15) is 29.7 Å². The highest BCUT2D eigenvalue weighted by Crippen LogP contribution is 2.61. The molecule has 4 aromatic rings. The molecule has 1 aromatic heterocycles. The average Bonchev–Trinajstić information content (AvgIpc) is 3.59. The van der Waals surface area contributed by atoms with E-state index in [1.807, 2.05) is 0 Å². The van der Waals surface area contributed by atoms with Crippen LogP contribution in [0.5, 0.6) is 11.5 Å². The van der Waals surface area contributed by atoms with E-state index < -0.39 is 82.1 Å². The highest BCUT2D eigenvalue weighted by Gasteiger charge is 2.70. The molecule has 3 heterocycles. The summed E-state index contributed by atoms with van der Waals surface area (Å²) in [4.78, 5) is 62.5. The van der Waals surface area contributed by atoms with Gasteiger partial charge in [-0.05, 0) is 90.6 Å². The Morgan fingerprint density at radius 3 is 2.34 bits per heavy atom. The average molecular weight is 851 g/mol. The molecule has 4 amide bonds. The highest BCUT2D eigenvalue weighted by atomic mass is 35.5. The number of aromatic hydroxyl groups is 1. The number of anilines is 2. The molecule has 3 fully saturated rings. The van der Waals surface area contributed by atoms with E-state index in [1.165, 1.54) is 44.5 Å². The maximum Gasteiger partial charge on any atom is 0.433 e. The van der Waals surface area contributed by atoms with Gasteiger partial charge in [-0.2, -0.15) is 23.2 Å². The van der Waals surface area contributed by atoms with Crippen LogP contribution in [0.15, 0.2) is 96.6 Å². The summed E-state index contributed by atoms with van der Waals surface area (Å²) in [6, 6.07) is 17.9. The SMILES string of the molecule is COc1cc(C=C[C@H]2C3=CC[C@@H]4C(=O)N(N(C)c5nc(C(F)(F)F)ccc5Cl)C(=O)[C@@H]4[C@@H]3C[C@H]3C(=O)N(Nc4ccc(F)cc4)C(=O)[C@@]23c2ccc(Cl)cc2)ccc1O. The second kappa shape index (κ2) is 14.7. The Morgan fingerprint density at radius 1 is 0.949 bits per heavy atom. The van der Waals surface area contributed by atoms with E-state index in [1.54, 1.807) is 54.6 Å². The van der Waals surface area contributed by atoms with Crippen molar-refractivity contribution >= 4 is 64.4 Å². The van der Waals surface area contributed by atoms with Crippen molar-refractivity contribution in [3.8, 4) is 11.5 Å². The molecule has 6 atom stereocenters. The fraction of sp³-hybridized carbons (Fsp3) is 0.262. The summed E-state index contributed by atoms with van der Waals surface area (Å²) in [6.45, 7) is 0. The molecule has 0 bridgehead atoms. The van der Waals surface area contributed by atoms with Crippen molar-refractivity contribution in [1.82, 2.24) is 15.0 Å². The molecule has 3 aromatic carbocycles. The van der Waals surface area contributed by atoms with E-state index in [-0.39, 0.29) is 35.1 Å². The third-order valence-corrected chi connectivity index (χ3v) is 12.3. The summed E-state index contributed by atoms with van der Waals surface area (Å²) in [5, 5.41) is 13.0. The van der Waals surface area contributed by atoms with Gasteiger partial charge in [0.1, 0.15) is 11.5 Å². The van der Waals surface area contributed by atoms with Gasteiger partial charge in [-0.3, -0.25) is 29.6 Å². The monoisotopic (exact) mass is 849 g/mol. The number of nitrogens with one attached hydrogen (secondary N) is 1. The number of amides is 4. The Hall–Kier alpha value is -5.93. The summed E-state index contributed by atoms with van der Waals surface area (Å²) in [7, 11) is 2.61. The Bertz CT molecular complexity index is 2460. The summed E-state index contributed by atoms with van der Waals surface area (Å²) in [5.41, 5.74) is 1.77. The minimum Gasteiger partial charge on any atom is -0.504 e. The maximum atomic E-state index is 15.2. The normalized spacial score (nSPS) is 25.2. The largest absolute Gasteiger partial charge is 0.504 e. The molecule has 2 aliphatic carbocycles. The van der Waals surface area contributed by atoms with E-state index in [2.05, 4.69) is 10.4 Å². The number of halogens is 6. The van der Waals surface area contributed by atoms with Crippen molar-refractivity contribution in [1.29, 1.82) is 0 Å². The molecule has 0 radical (unpaired) electrons.